The number of hydrogen-bond donors (Lipinski definition) is 0. The molecule has 0 amide bonds. The van der Waals surface area contributed by atoms with Gasteiger partial charge in [0.05, 0.1) is 0 Å². The molecule has 70 valence electrons. The summed E-state index contributed by atoms with van der Waals surface area (Å²) < 4.78 is 0. The highest BCUT2D eigenvalue weighted by molar-refractivity contribution is 5.93. The monoisotopic (exact) mass is 177 g/mol. The molecule has 0 heterocycles. The van der Waals surface area contributed by atoms with Gasteiger partial charge >= 0.3 is 0 Å². The van der Waals surface area contributed by atoms with E-state index in [0.29, 0.717) is 0 Å². The summed E-state index contributed by atoms with van der Waals surface area (Å²) in [5.41, 5.74) is -0.714. The van der Waals surface area contributed by atoms with Crippen LogP contribution in [0, 0.1) is 34.5 Å². The molecule has 0 saturated heterocycles. The third-order valence-electron chi connectivity index (χ3n) is 2.78. The average molecular weight is 177 g/mol. The molecule has 0 fully saturated rings. The number of rotatable bonds is 3. The maximum absolute atomic E-state index is 11.0. The van der Waals surface area contributed by atoms with Gasteiger partial charge in [-0.15, -0.1) is 6.42 Å². The minimum atomic E-state index is -0.409. The number of nitrogens with zero attached hydrogens (tertiary/aromatic N) is 1. The van der Waals surface area contributed by atoms with E-state index in [1.165, 1.54) is 0 Å². The molecule has 0 aromatic carbocycles. The van der Waals surface area contributed by atoms with Crippen LogP contribution in [0.4, 0.5) is 0 Å². The summed E-state index contributed by atoms with van der Waals surface area (Å²) in [5, 5.41) is 8.39. The van der Waals surface area contributed by atoms with Crippen LogP contribution in [-0.2, 0) is 4.79 Å². The van der Waals surface area contributed by atoms with Gasteiger partial charge in [-0.2, -0.15) is 5.26 Å². The van der Waals surface area contributed by atoms with E-state index in [1.54, 1.807) is 6.07 Å². The van der Waals surface area contributed by atoms with Crippen LogP contribution in [0.2, 0.25) is 0 Å². The van der Waals surface area contributed by atoms with Crippen LogP contribution >= 0.6 is 0 Å². The van der Waals surface area contributed by atoms with E-state index in [9.17, 15) is 4.79 Å². The molecule has 2 nitrogen and oxygen atoms in total. The van der Waals surface area contributed by atoms with Crippen LogP contribution in [0.5, 0.6) is 0 Å². The Balaban J connectivity index is 4.72. The fourth-order valence-electron chi connectivity index (χ4n) is 0.857. The predicted molar refractivity (Wildman–Crippen MR) is 51.6 cm³/mol. The van der Waals surface area contributed by atoms with Crippen LogP contribution in [0.25, 0.3) is 0 Å². The largest absolute Gasteiger partial charge is 0.283 e. The maximum atomic E-state index is 11.0. The van der Waals surface area contributed by atoms with Crippen LogP contribution in [-0.4, -0.2) is 5.78 Å². The number of carbonyl (C=O) groups excluding carboxylic acids is 1. The van der Waals surface area contributed by atoms with Gasteiger partial charge in [0.25, 0.3) is 0 Å². The highest BCUT2D eigenvalue weighted by Crippen LogP contribution is 2.40. The molecule has 0 radical (unpaired) electrons. The zero-order valence-electron chi connectivity index (χ0n) is 8.64. The van der Waals surface area contributed by atoms with Crippen molar-refractivity contribution in [1.29, 1.82) is 5.26 Å². The molecule has 0 atom stereocenters. The fourth-order valence-corrected chi connectivity index (χ4v) is 0.857. The van der Waals surface area contributed by atoms with E-state index < -0.39 is 5.78 Å². The number of nitriles is 1. The second-order valence-electron chi connectivity index (χ2n) is 4.36. The Morgan fingerprint density at radius 2 is 1.85 bits per heavy atom. The van der Waals surface area contributed by atoms with Crippen molar-refractivity contribution in [2.45, 2.75) is 34.1 Å². The normalized spacial score (nSPS) is 11.5. The maximum Gasteiger partial charge on any atom is 0.232 e. The Kier molecular flexibility index (Phi) is 3.27. The van der Waals surface area contributed by atoms with Crippen LogP contribution in [0.15, 0.2) is 0 Å². The molecule has 0 bridgehead atoms. The first kappa shape index (κ1) is 11.7. The van der Waals surface area contributed by atoms with Crippen LogP contribution in [0.1, 0.15) is 34.1 Å². The Labute approximate surface area is 79.9 Å². The summed E-state index contributed by atoms with van der Waals surface area (Å²) in [6.07, 6.45) is 5.57. The van der Waals surface area contributed by atoms with Crippen LogP contribution in [0.3, 0.4) is 0 Å². The molecule has 0 N–H and O–H groups in total. The molecule has 0 saturated carbocycles. The van der Waals surface area contributed by atoms with Gasteiger partial charge in [0, 0.05) is 11.8 Å². The molecule has 0 aliphatic carbocycles. The number of terminal acetylenes is 1. The lowest BCUT2D eigenvalue weighted by atomic mass is 9.66. The third-order valence-corrected chi connectivity index (χ3v) is 2.78. The molecule has 0 aromatic rings. The van der Waals surface area contributed by atoms with Gasteiger partial charge in [-0.25, -0.2) is 0 Å². The van der Waals surface area contributed by atoms with Gasteiger partial charge in [-0.1, -0.05) is 19.8 Å². The molecule has 0 aliphatic heterocycles. The van der Waals surface area contributed by atoms with E-state index in [2.05, 4.69) is 5.92 Å². The van der Waals surface area contributed by atoms with E-state index in [1.807, 2.05) is 27.7 Å². The molecule has 0 spiro atoms. The summed E-state index contributed by atoms with van der Waals surface area (Å²) in [4.78, 5) is 11.0. The summed E-state index contributed by atoms with van der Waals surface area (Å²) in [6.45, 7) is 7.61. The van der Waals surface area contributed by atoms with E-state index >= 15 is 0 Å². The first-order valence-corrected chi connectivity index (χ1v) is 4.17. The number of Topliss-reactive ketones (excluding diaryl/α,β-unsaturated/α-hetero) is 1. The lowest BCUT2D eigenvalue weighted by molar-refractivity contribution is -0.116. The standard InChI is InChI=1S/C11H15NO/c1-6-10(2,3)11(4,5)7-9(13)8-12/h1H,7H2,2-5H3. The minimum absolute atomic E-state index is 0.209. The second-order valence-corrected chi connectivity index (χ2v) is 4.36. The van der Waals surface area contributed by atoms with Crippen molar-refractivity contribution in [2.75, 3.05) is 0 Å². The van der Waals surface area contributed by atoms with Gasteiger partial charge in [0.15, 0.2) is 0 Å². The van der Waals surface area contributed by atoms with Gasteiger partial charge in [0.2, 0.25) is 5.78 Å². The molecular weight excluding hydrogens is 162 g/mol. The zero-order chi connectivity index (χ0) is 10.7. The Morgan fingerprint density at radius 1 is 1.38 bits per heavy atom. The third kappa shape index (κ3) is 2.60. The molecule has 13 heavy (non-hydrogen) atoms. The van der Waals surface area contributed by atoms with E-state index in [0.717, 1.165) is 0 Å². The quantitative estimate of drug-likeness (QED) is 0.489. The topological polar surface area (TPSA) is 40.9 Å². The molecule has 0 aliphatic rings. The van der Waals surface area contributed by atoms with Gasteiger partial charge in [-0.05, 0) is 19.3 Å². The lowest BCUT2D eigenvalue weighted by Gasteiger charge is -2.36. The van der Waals surface area contributed by atoms with Crippen molar-refractivity contribution in [1.82, 2.24) is 0 Å². The fraction of sp³-hybridized carbons (Fsp3) is 0.636. The first-order chi connectivity index (χ1) is 5.77. The zero-order valence-corrected chi connectivity index (χ0v) is 8.64. The summed E-state index contributed by atoms with van der Waals surface area (Å²) in [5.74, 6) is 2.24. The van der Waals surface area contributed by atoms with E-state index in [-0.39, 0.29) is 17.3 Å². The average Bonchev–Trinajstić information content (AvgIpc) is 2.03. The molecule has 0 aromatic heterocycles. The predicted octanol–water partition coefficient (Wildman–Crippen LogP) is 2.15. The van der Waals surface area contributed by atoms with Crippen molar-refractivity contribution in [3.8, 4) is 18.4 Å². The Morgan fingerprint density at radius 3 is 2.15 bits per heavy atom. The van der Waals surface area contributed by atoms with Crippen molar-refractivity contribution in [3.05, 3.63) is 0 Å². The van der Waals surface area contributed by atoms with E-state index in [4.69, 9.17) is 11.7 Å². The highest BCUT2D eigenvalue weighted by atomic mass is 16.1. The summed E-state index contributed by atoms with van der Waals surface area (Å²) in [7, 11) is 0. The van der Waals surface area contributed by atoms with Gasteiger partial charge < -0.3 is 0 Å². The summed E-state index contributed by atoms with van der Waals surface area (Å²) >= 11 is 0. The van der Waals surface area contributed by atoms with Crippen molar-refractivity contribution >= 4 is 5.78 Å². The molecular formula is C11H15NO. The minimum Gasteiger partial charge on any atom is -0.283 e. The van der Waals surface area contributed by atoms with Crippen molar-refractivity contribution in [3.63, 3.8) is 0 Å². The van der Waals surface area contributed by atoms with Crippen molar-refractivity contribution in [2.24, 2.45) is 10.8 Å². The molecule has 0 unspecified atom stereocenters. The second kappa shape index (κ2) is 3.62. The summed E-state index contributed by atoms with van der Waals surface area (Å²) in [6, 6.07) is 1.61. The lowest BCUT2D eigenvalue weighted by Crippen LogP contribution is -2.33. The Hall–Kier alpha value is -1.28. The van der Waals surface area contributed by atoms with Crippen molar-refractivity contribution < 1.29 is 4.79 Å². The highest BCUT2D eigenvalue weighted by Gasteiger charge is 2.37. The SMILES string of the molecule is C#CC(C)(C)C(C)(C)CC(=O)C#N. The molecule has 0 rings (SSSR count). The Bertz CT molecular complexity index is 286. The first-order valence-electron chi connectivity index (χ1n) is 4.17. The molecule has 2 heteroatoms. The van der Waals surface area contributed by atoms with Crippen LogP contribution < -0.4 is 0 Å². The van der Waals surface area contributed by atoms with Gasteiger partial charge in [-0.3, -0.25) is 4.79 Å². The number of hydrogen-bond acceptors (Lipinski definition) is 2. The smallest absolute Gasteiger partial charge is 0.232 e. The number of ketones is 1. The van der Waals surface area contributed by atoms with Gasteiger partial charge in [0.1, 0.15) is 6.07 Å². The number of carbonyl (C=O) groups is 1.